The van der Waals surface area contributed by atoms with Crippen molar-refractivity contribution in [3.05, 3.63) is 22.4 Å². The van der Waals surface area contributed by atoms with Crippen LogP contribution >= 0.6 is 11.3 Å². The Morgan fingerprint density at radius 2 is 2.33 bits per heavy atom. The largest absolute Gasteiger partial charge is 0.307 e. The SMILES string of the molecule is CN(C)CC1(c2cccs2)CCCCN1. The van der Waals surface area contributed by atoms with Crippen molar-refractivity contribution in [3.63, 3.8) is 0 Å². The van der Waals surface area contributed by atoms with E-state index in [0.29, 0.717) is 0 Å². The first-order valence-electron chi connectivity index (χ1n) is 5.67. The molecule has 0 saturated carbocycles. The summed E-state index contributed by atoms with van der Waals surface area (Å²) in [5.41, 5.74) is 0.218. The van der Waals surface area contributed by atoms with Crippen molar-refractivity contribution in [2.45, 2.75) is 24.8 Å². The first-order chi connectivity index (χ1) is 7.23. The molecule has 1 aliphatic rings. The Balaban J connectivity index is 2.21. The Bertz CT molecular complexity index is 287. The summed E-state index contributed by atoms with van der Waals surface area (Å²) in [4.78, 5) is 3.79. The monoisotopic (exact) mass is 224 g/mol. The van der Waals surface area contributed by atoms with Gasteiger partial charge < -0.3 is 10.2 Å². The van der Waals surface area contributed by atoms with Crippen molar-refractivity contribution in [1.82, 2.24) is 10.2 Å². The van der Waals surface area contributed by atoms with Crippen LogP contribution in [0, 0.1) is 0 Å². The average Bonchev–Trinajstić information content (AvgIpc) is 2.71. The Morgan fingerprint density at radius 1 is 1.47 bits per heavy atom. The van der Waals surface area contributed by atoms with E-state index >= 15 is 0 Å². The second kappa shape index (κ2) is 4.64. The molecule has 2 heterocycles. The molecule has 1 saturated heterocycles. The van der Waals surface area contributed by atoms with Crippen LogP contribution in [0.2, 0.25) is 0 Å². The molecule has 1 fully saturated rings. The topological polar surface area (TPSA) is 15.3 Å². The number of likely N-dealkylation sites (N-methyl/N-ethyl adjacent to an activating group) is 1. The molecule has 0 radical (unpaired) electrons. The lowest BCUT2D eigenvalue weighted by Gasteiger charge is -2.39. The molecule has 1 N–H and O–H groups in total. The number of hydrogen-bond acceptors (Lipinski definition) is 3. The third kappa shape index (κ3) is 2.41. The van der Waals surface area contributed by atoms with Gasteiger partial charge in [-0.1, -0.05) is 6.07 Å². The Kier molecular flexibility index (Phi) is 3.44. The van der Waals surface area contributed by atoms with Gasteiger partial charge in [-0.15, -0.1) is 11.3 Å². The second-order valence-corrected chi connectivity index (χ2v) is 5.63. The highest BCUT2D eigenvalue weighted by atomic mass is 32.1. The molecule has 1 aromatic rings. The molecule has 1 atom stereocenters. The van der Waals surface area contributed by atoms with Crippen LogP contribution in [-0.2, 0) is 5.54 Å². The first-order valence-corrected chi connectivity index (χ1v) is 6.55. The van der Waals surface area contributed by atoms with Gasteiger partial charge in [0.25, 0.3) is 0 Å². The molecule has 0 amide bonds. The molecule has 0 bridgehead atoms. The maximum absolute atomic E-state index is 3.74. The predicted octanol–water partition coefficient (Wildman–Crippen LogP) is 2.28. The summed E-state index contributed by atoms with van der Waals surface area (Å²) >= 11 is 1.88. The summed E-state index contributed by atoms with van der Waals surface area (Å²) in [7, 11) is 4.32. The smallest absolute Gasteiger partial charge is 0.0657 e. The lowest BCUT2D eigenvalue weighted by molar-refractivity contribution is 0.194. The van der Waals surface area contributed by atoms with Crippen molar-refractivity contribution in [3.8, 4) is 0 Å². The summed E-state index contributed by atoms with van der Waals surface area (Å²) in [5.74, 6) is 0. The van der Waals surface area contributed by atoms with Gasteiger partial charge in [0, 0.05) is 11.4 Å². The van der Waals surface area contributed by atoms with E-state index in [1.807, 2.05) is 11.3 Å². The standard InChI is InChI=1S/C12H20N2S/c1-14(2)10-12(7-3-4-8-13-12)11-6-5-9-15-11/h5-6,9,13H,3-4,7-8,10H2,1-2H3. The van der Waals surface area contributed by atoms with Crippen LogP contribution in [0.5, 0.6) is 0 Å². The van der Waals surface area contributed by atoms with Crippen LogP contribution < -0.4 is 5.32 Å². The highest BCUT2D eigenvalue weighted by Crippen LogP contribution is 2.33. The van der Waals surface area contributed by atoms with Crippen LogP contribution in [0.3, 0.4) is 0 Å². The molecular formula is C12H20N2S. The summed E-state index contributed by atoms with van der Waals surface area (Å²) in [5, 5.41) is 5.92. The normalized spacial score (nSPS) is 27.1. The highest BCUT2D eigenvalue weighted by Gasteiger charge is 2.34. The Labute approximate surface area is 96.3 Å². The van der Waals surface area contributed by atoms with Gasteiger partial charge in [0.2, 0.25) is 0 Å². The highest BCUT2D eigenvalue weighted by molar-refractivity contribution is 7.10. The summed E-state index contributed by atoms with van der Waals surface area (Å²) in [6.45, 7) is 2.26. The zero-order valence-corrected chi connectivity index (χ0v) is 10.4. The minimum absolute atomic E-state index is 0.218. The van der Waals surface area contributed by atoms with E-state index < -0.39 is 0 Å². The lowest BCUT2D eigenvalue weighted by Crippen LogP contribution is -2.51. The maximum atomic E-state index is 3.74. The van der Waals surface area contributed by atoms with E-state index in [1.54, 1.807) is 0 Å². The molecule has 1 aliphatic heterocycles. The third-order valence-electron chi connectivity index (χ3n) is 3.07. The number of rotatable bonds is 3. The van der Waals surface area contributed by atoms with Crippen LogP contribution in [0.25, 0.3) is 0 Å². The van der Waals surface area contributed by atoms with Crippen molar-refractivity contribution >= 4 is 11.3 Å². The lowest BCUT2D eigenvalue weighted by atomic mass is 9.87. The Hall–Kier alpha value is -0.380. The van der Waals surface area contributed by atoms with Gasteiger partial charge in [-0.3, -0.25) is 0 Å². The summed E-state index contributed by atoms with van der Waals surface area (Å²) < 4.78 is 0. The zero-order chi connectivity index (χ0) is 10.7. The van der Waals surface area contributed by atoms with E-state index in [-0.39, 0.29) is 5.54 Å². The number of hydrogen-bond donors (Lipinski definition) is 1. The minimum atomic E-state index is 0.218. The van der Waals surface area contributed by atoms with Gasteiger partial charge in [-0.2, -0.15) is 0 Å². The molecule has 1 unspecified atom stereocenters. The van der Waals surface area contributed by atoms with E-state index in [0.717, 1.165) is 13.1 Å². The van der Waals surface area contributed by atoms with Gasteiger partial charge in [-0.25, -0.2) is 0 Å². The Morgan fingerprint density at radius 3 is 2.87 bits per heavy atom. The molecular weight excluding hydrogens is 204 g/mol. The van der Waals surface area contributed by atoms with Crippen LogP contribution in [-0.4, -0.2) is 32.1 Å². The zero-order valence-electron chi connectivity index (χ0n) is 9.62. The quantitative estimate of drug-likeness (QED) is 0.847. The van der Waals surface area contributed by atoms with E-state index in [4.69, 9.17) is 0 Å². The average molecular weight is 224 g/mol. The van der Waals surface area contributed by atoms with Gasteiger partial charge in [0.15, 0.2) is 0 Å². The molecule has 2 rings (SSSR count). The third-order valence-corrected chi connectivity index (χ3v) is 4.15. The van der Waals surface area contributed by atoms with Gasteiger partial charge >= 0.3 is 0 Å². The first kappa shape index (κ1) is 11.1. The van der Waals surface area contributed by atoms with Crippen molar-refractivity contribution in [2.24, 2.45) is 0 Å². The molecule has 15 heavy (non-hydrogen) atoms. The molecule has 84 valence electrons. The van der Waals surface area contributed by atoms with E-state index in [9.17, 15) is 0 Å². The fourth-order valence-corrected chi connectivity index (χ4v) is 3.41. The molecule has 2 nitrogen and oxygen atoms in total. The number of piperidine rings is 1. The van der Waals surface area contributed by atoms with Crippen molar-refractivity contribution in [2.75, 3.05) is 27.2 Å². The summed E-state index contributed by atoms with van der Waals surface area (Å²) in [6, 6.07) is 4.43. The predicted molar refractivity (Wildman–Crippen MR) is 66.4 cm³/mol. The number of nitrogens with one attached hydrogen (secondary N) is 1. The van der Waals surface area contributed by atoms with Gasteiger partial charge in [0.05, 0.1) is 5.54 Å². The molecule has 1 aromatic heterocycles. The fraction of sp³-hybridized carbons (Fsp3) is 0.667. The fourth-order valence-electron chi connectivity index (χ4n) is 2.48. The van der Waals surface area contributed by atoms with Gasteiger partial charge in [0.1, 0.15) is 0 Å². The van der Waals surface area contributed by atoms with Crippen LogP contribution in [0.1, 0.15) is 24.1 Å². The van der Waals surface area contributed by atoms with E-state index in [1.165, 1.54) is 24.1 Å². The molecule has 0 aliphatic carbocycles. The molecule has 0 spiro atoms. The maximum Gasteiger partial charge on any atom is 0.0657 e. The van der Waals surface area contributed by atoms with E-state index in [2.05, 4.69) is 41.8 Å². The van der Waals surface area contributed by atoms with Crippen molar-refractivity contribution in [1.29, 1.82) is 0 Å². The van der Waals surface area contributed by atoms with Gasteiger partial charge in [-0.05, 0) is 51.3 Å². The van der Waals surface area contributed by atoms with Crippen molar-refractivity contribution < 1.29 is 0 Å². The van der Waals surface area contributed by atoms with Crippen LogP contribution in [0.4, 0.5) is 0 Å². The second-order valence-electron chi connectivity index (χ2n) is 4.68. The number of thiophene rings is 1. The summed E-state index contributed by atoms with van der Waals surface area (Å²) in [6.07, 6.45) is 3.94. The number of nitrogens with zero attached hydrogens (tertiary/aromatic N) is 1. The molecule has 0 aromatic carbocycles. The van der Waals surface area contributed by atoms with Crippen LogP contribution in [0.15, 0.2) is 17.5 Å². The molecule has 3 heteroatoms. The minimum Gasteiger partial charge on any atom is -0.307 e.